The van der Waals surface area contributed by atoms with Gasteiger partial charge in [-0.2, -0.15) is 0 Å². The summed E-state index contributed by atoms with van der Waals surface area (Å²) >= 11 is 0. The Kier molecular flexibility index (Phi) is 5.03. The highest BCUT2D eigenvalue weighted by molar-refractivity contribution is 5.79. The van der Waals surface area contributed by atoms with E-state index < -0.39 is 0 Å². The average Bonchev–Trinajstić information content (AvgIpc) is 3.24. The van der Waals surface area contributed by atoms with Crippen LogP contribution in [0.3, 0.4) is 0 Å². The molecule has 0 spiro atoms. The van der Waals surface area contributed by atoms with E-state index in [1.807, 2.05) is 42.7 Å². The monoisotopic (exact) mass is 401 g/mol. The zero-order chi connectivity index (χ0) is 20.3. The van der Waals surface area contributed by atoms with Crippen LogP contribution >= 0.6 is 0 Å². The first-order valence-electron chi connectivity index (χ1n) is 10.2. The van der Waals surface area contributed by atoms with Crippen molar-refractivity contribution in [3.63, 3.8) is 0 Å². The summed E-state index contributed by atoms with van der Waals surface area (Å²) in [4.78, 5) is 24.8. The highest BCUT2D eigenvalue weighted by Crippen LogP contribution is 2.19. The van der Waals surface area contributed by atoms with Crippen LogP contribution in [-0.4, -0.2) is 38.8 Å². The highest BCUT2D eigenvalue weighted by Gasteiger charge is 2.15. The number of nitrogens with zero attached hydrogens (tertiary/aromatic N) is 3. The maximum atomic E-state index is 12.7. The third-order valence-corrected chi connectivity index (χ3v) is 5.47. The van der Waals surface area contributed by atoms with Crippen LogP contribution in [-0.2, 0) is 11.3 Å². The van der Waals surface area contributed by atoms with Crippen LogP contribution in [0.4, 0.5) is 5.95 Å². The first kappa shape index (κ1) is 18.6. The fraction of sp³-hybridized carbons (Fsp3) is 0.261. The summed E-state index contributed by atoms with van der Waals surface area (Å²) in [5.41, 5.74) is 3.64. The van der Waals surface area contributed by atoms with Crippen molar-refractivity contribution in [3.8, 4) is 11.3 Å². The molecule has 7 nitrogen and oxygen atoms in total. The van der Waals surface area contributed by atoms with Gasteiger partial charge in [-0.15, -0.1) is 0 Å². The summed E-state index contributed by atoms with van der Waals surface area (Å²) in [6.07, 6.45) is 7.35. The molecule has 1 fully saturated rings. The molecule has 1 saturated heterocycles. The van der Waals surface area contributed by atoms with Crippen molar-refractivity contribution < 1.29 is 4.74 Å². The van der Waals surface area contributed by atoms with Gasteiger partial charge in [-0.25, -0.2) is 9.97 Å². The number of aromatic amines is 1. The van der Waals surface area contributed by atoms with Crippen LogP contribution in [0.25, 0.3) is 22.2 Å². The van der Waals surface area contributed by atoms with E-state index in [-0.39, 0.29) is 5.56 Å². The number of H-pyrrole nitrogens is 1. The largest absolute Gasteiger partial charge is 0.381 e. The Bertz CT molecular complexity index is 1220. The SMILES string of the molecule is O=c1cc(-c2ccnc(NC3CCOCC3)n2)ccn1Cc1ccc2[nH]ccc2c1. The van der Waals surface area contributed by atoms with Gasteiger partial charge < -0.3 is 19.6 Å². The Hall–Kier alpha value is -3.45. The van der Waals surface area contributed by atoms with E-state index in [4.69, 9.17) is 4.74 Å². The minimum absolute atomic E-state index is 0.0563. The lowest BCUT2D eigenvalue weighted by molar-refractivity contribution is 0.0903. The van der Waals surface area contributed by atoms with Crippen LogP contribution in [0.2, 0.25) is 0 Å². The quantitative estimate of drug-likeness (QED) is 0.535. The van der Waals surface area contributed by atoms with Crippen LogP contribution in [0, 0.1) is 0 Å². The Morgan fingerprint density at radius 2 is 2.03 bits per heavy atom. The molecular weight excluding hydrogens is 378 g/mol. The molecule has 2 N–H and O–H groups in total. The maximum Gasteiger partial charge on any atom is 0.251 e. The van der Waals surface area contributed by atoms with E-state index in [0.29, 0.717) is 18.5 Å². The fourth-order valence-corrected chi connectivity index (χ4v) is 3.81. The summed E-state index contributed by atoms with van der Waals surface area (Å²) in [6.45, 7) is 2.04. The first-order valence-corrected chi connectivity index (χ1v) is 10.2. The van der Waals surface area contributed by atoms with Gasteiger partial charge in [0.25, 0.3) is 5.56 Å². The number of fused-ring (bicyclic) bond motifs is 1. The van der Waals surface area contributed by atoms with Crippen LogP contribution < -0.4 is 10.9 Å². The first-order chi connectivity index (χ1) is 14.7. The summed E-state index contributed by atoms with van der Waals surface area (Å²) in [7, 11) is 0. The molecule has 0 saturated carbocycles. The topological polar surface area (TPSA) is 84.8 Å². The number of pyridine rings is 1. The molecule has 0 bridgehead atoms. The summed E-state index contributed by atoms with van der Waals surface area (Å²) in [5, 5.41) is 4.52. The number of ether oxygens (including phenoxy) is 1. The maximum absolute atomic E-state index is 12.7. The number of aromatic nitrogens is 4. The normalized spacial score (nSPS) is 14.8. The van der Waals surface area contributed by atoms with Gasteiger partial charge in [-0.1, -0.05) is 6.07 Å². The van der Waals surface area contributed by atoms with Crippen LogP contribution in [0.15, 0.2) is 65.8 Å². The summed E-state index contributed by atoms with van der Waals surface area (Å²) in [6, 6.07) is 13.9. The van der Waals surface area contributed by atoms with Crippen molar-refractivity contribution in [3.05, 3.63) is 77.0 Å². The second-order valence-corrected chi connectivity index (χ2v) is 7.58. The molecule has 0 radical (unpaired) electrons. The van der Waals surface area contributed by atoms with Crippen molar-refractivity contribution in [2.45, 2.75) is 25.4 Å². The van der Waals surface area contributed by atoms with Crippen molar-refractivity contribution in [2.24, 2.45) is 0 Å². The van der Waals surface area contributed by atoms with E-state index >= 15 is 0 Å². The minimum atomic E-state index is -0.0563. The van der Waals surface area contributed by atoms with Crippen molar-refractivity contribution in [1.82, 2.24) is 19.5 Å². The Morgan fingerprint density at radius 1 is 1.13 bits per heavy atom. The van der Waals surface area contributed by atoms with Crippen molar-refractivity contribution in [1.29, 1.82) is 0 Å². The zero-order valence-electron chi connectivity index (χ0n) is 16.5. The Morgan fingerprint density at radius 3 is 2.90 bits per heavy atom. The Balaban J connectivity index is 1.35. The molecular formula is C23H23N5O2. The molecule has 30 heavy (non-hydrogen) atoms. The summed E-state index contributed by atoms with van der Waals surface area (Å²) < 4.78 is 7.10. The van der Waals surface area contributed by atoms with Crippen molar-refractivity contribution in [2.75, 3.05) is 18.5 Å². The molecule has 1 aliphatic rings. The second-order valence-electron chi connectivity index (χ2n) is 7.58. The van der Waals surface area contributed by atoms with Gasteiger partial charge in [0.2, 0.25) is 5.95 Å². The predicted octanol–water partition coefficient (Wildman–Crippen LogP) is 3.43. The molecule has 3 aromatic heterocycles. The van der Waals surface area contributed by atoms with Gasteiger partial charge in [-0.05, 0) is 54.1 Å². The molecule has 5 rings (SSSR count). The van der Waals surface area contributed by atoms with E-state index in [9.17, 15) is 4.79 Å². The molecule has 7 heteroatoms. The predicted molar refractivity (Wildman–Crippen MR) is 117 cm³/mol. The smallest absolute Gasteiger partial charge is 0.251 e. The van der Waals surface area contributed by atoms with Gasteiger partial charge in [0.15, 0.2) is 0 Å². The minimum Gasteiger partial charge on any atom is -0.381 e. The molecule has 152 valence electrons. The molecule has 0 atom stereocenters. The number of anilines is 1. The lowest BCUT2D eigenvalue weighted by Gasteiger charge is -2.23. The fourth-order valence-electron chi connectivity index (χ4n) is 3.81. The van der Waals surface area contributed by atoms with E-state index in [2.05, 4.69) is 26.3 Å². The standard InChI is InChI=1S/C23H23N5O2/c29-22-14-18(21-4-9-25-23(27-21)26-19-6-11-30-12-7-19)5-10-28(22)15-16-1-2-20-17(13-16)3-8-24-20/h1-5,8-10,13-14,19,24H,6-7,11-12,15H2,(H,25,26,27). The number of rotatable bonds is 5. The molecule has 0 amide bonds. The zero-order valence-corrected chi connectivity index (χ0v) is 16.5. The number of hydrogen-bond acceptors (Lipinski definition) is 5. The van der Waals surface area contributed by atoms with E-state index in [0.717, 1.165) is 53.8 Å². The average molecular weight is 401 g/mol. The van der Waals surface area contributed by atoms with Crippen molar-refractivity contribution >= 4 is 16.9 Å². The molecule has 1 aliphatic heterocycles. The Labute approximate surface area is 173 Å². The molecule has 4 aromatic rings. The molecule has 0 aliphatic carbocycles. The third-order valence-electron chi connectivity index (χ3n) is 5.47. The number of nitrogens with one attached hydrogen (secondary N) is 2. The van der Waals surface area contributed by atoms with E-state index in [1.165, 1.54) is 0 Å². The summed E-state index contributed by atoms with van der Waals surface area (Å²) in [5.74, 6) is 0.586. The second kappa shape index (κ2) is 8.12. The van der Waals surface area contributed by atoms with Gasteiger partial charge in [0, 0.05) is 55.0 Å². The highest BCUT2D eigenvalue weighted by atomic mass is 16.5. The van der Waals surface area contributed by atoms with E-state index in [1.54, 1.807) is 16.8 Å². The van der Waals surface area contributed by atoms with Crippen LogP contribution in [0.1, 0.15) is 18.4 Å². The number of hydrogen-bond donors (Lipinski definition) is 2. The van der Waals surface area contributed by atoms with Gasteiger partial charge >= 0.3 is 0 Å². The van der Waals surface area contributed by atoms with Gasteiger partial charge in [0.1, 0.15) is 0 Å². The lowest BCUT2D eigenvalue weighted by atomic mass is 10.1. The lowest BCUT2D eigenvalue weighted by Crippen LogP contribution is -2.28. The van der Waals surface area contributed by atoms with Gasteiger partial charge in [-0.3, -0.25) is 4.79 Å². The third kappa shape index (κ3) is 3.97. The number of benzene rings is 1. The molecule has 1 aromatic carbocycles. The van der Waals surface area contributed by atoms with Gasteiger partial charge in [0.05, 0.1) is 12.2 Å². The molecule has 4 heterocycles. The van der Waals surface area contributed by atoms with Crippen LogP contribution in [0.5, 0.6) is 0 Å². The molecule has 0 unspecified atom stereocenters.